The first-order valence-electron chi connectivity index (χ1n) is 4.06. The monoisotopic (exact) mass is 234 g/mol. The van der Waals surface area contributed by atoms with Crippen LogP contribution in [0.2, 0.25) is 5.15 Å². The molecular weight excluding hydrogens is 224 g/mol. The number of hydrogen-bond donors (Lipinski definition) is 1. The molecule has 6 heteroatoms. The van der Waals surface area contributed by atoms with E-state index in [-0.39, 0.29) is 11.0 Å². The quantitative estimate of drug-likeness (QED) is 0.813. The molecule has 0 aliphatic rings. The number of pyridine rings is 1. The molecule has 0 aliphatic heterocycles. The summed E-state index contributed by atoms with van der Waals surface area (Å²) in [6.45, 7) is 3.18. The van der Waals surface area contributed by atoms with Gasteiger partial charge in [0.1, 0.15) is 11.0 Å². The summed E-state index contributed by atoms with van der Waals surface area (Å²) < 4.78 is 25.2. The van der Waals surface area contributed by atoms with Gasteiger partial charge in [0.25, 0.3) is 0 Å². The molecule has 1 aromatic heterocycles. The Hall–Kier alpha value is -0.810. The van der Waals surface area contributed by atoms with Crippen LogP contribution in [-0.4, -0.2) is 18.7 Å². The average Bonchev–Trinajstić information content (AvgIpc) is 2.02. The molecule has 0 bridgehead atoms. The van der Waals surface area contributed by atoms with E-state index in [4.69, 9.17) is 11.6 Å². The topological polar surface area (TPSA) is 59.1 Å². The van der Waals surface area contributed by atoms with Gasteiger partial charge in [-0.25, -0.2) is 13.4 Å². The van der Waals surface area contributed by atoms with Crippen molar-refractivity contribution in [3.8, 4) is 0 Å². The van der Waals surface area contributed by atoms with E-state index in [9.17, 15) is 8.42 Å². The fourth-order valence-corrected chi connectivity index (χ4v) is 1.53. The van der Waals surface area contributed by atoms with E-state index >= 15 is 0 Å². The van der Waals surface area contributed by atoms with Gasteiger partial charge in [0.15, 0.2) is 0 Å². The number of nitrogens with zero attached hydrogens (tertiary/aromatic N) is 1. The first-order valence-corrected chi connectivity index (χ1v) is 5.98. The summed E-state index contributed by atoms with van der Waals surface area (Å²) >= 11 is 5.61. The predicted molar refractivity (Wildman–Crippen MR) is 56.9 cm³/mol. The van der Waals surface area contributed by atoms with E-state index in [1.165, 1.54) is 0 Å². The Balaban J connectivity index is 2.90. The van der Waals surface area contributed by atoms with Crippen molar-refractivity contribution in [2.24, 2.45) is 0 Å². The van der Waals surface area contributed by atoms with E-state index in [2.05, 4.69) is 9.71 Å². The van der Waals surface area contributed by atoms with E-state index in [1.54, 1.807) is 32.0 Å². The van der Waals surface area contributed by atoms with Gasteiger partial charge in [0.2, 0.25) is 10.0 Å². The third kappa shape index (κ3) is 2.85. The lowest BCUT2D eigenvalue weighted by Crippen LogP contribution is -2.22. The van der Waals surface area contributed by atoms with Crippen molar-refractivity contribution in [2.75, 3.05) is 4.72 Å². The van der Waals surface area contributed by atoms with Crippen LogP contribution >= 0.6 is 11.6 Å². The van der Waals surface area contributed by atoms with Gasteiger partial charge in [-0.05, 0) is 26.0 Å². The first kappa shape index (κ1) is 11.3. The number of aromatic nitrogens is 1. The van der Waals surface area contributed by atoms with E-state index in [1.807, 2.05) is 0 Å². The highest BCUT2D eigenvalue weighted by Gasteiger charge is 2.15. The van der Waals surface area contributed by atoms with Gasteiger partial charge >= 0.3 is 0 Å². The first-order chi connectivity index (χ1) is 6.42. The van der Waals surface area contributed by atoms with Crippen LogP contribution in [0.25, 0.3) is 0 Å². The van der Waals surface area contributed by atoms with Crippen LogP contribution in [0, 0.1) is 0 Å². The Bertz CT molecular complexity index is 417. The fraction of sp³-hybridized carbons (Fsp3) is 0.375. The summed E-state index contributed by atoms with van der Waals surface area (Å²) in [5.74, 6) is 0.242. The summed E-state index contributed by atoms with van der Waals surface area (Å²) in [4.78, 5) is 3.82. The van der Waals surface area contributed by atoms with Crippen LogP contribution in [0.3, 0.4) is 0 Å². The van der Waals surface area contributed by atoms with E-state index in [0.717, 1.165) is 0 Å². The van der Waals surface area contributed by atoms with Crippen LogP contribution in [-0.2, 0) is 10.0 Å². The van der Waals surface area contributed by atoms with Crippen molar-refractivity contribution >= 4 is 27.4 Å². The zero-order valence-electron chi connectivity index (χ0n) is 7.86. The lowest BCUT2D eigenvalue weighted by molar-refractivity contribution is 0.592. The number of rotatable bonds is 3. The van der Waals surface area contributed by atoms with Gasteiger partial charge in [0, 0.05) is 0 Å². The molecule has 1 aromatic rings. The molecule has 1 rings (SSSR count). The second-order valence-corrected chi connectivity index (χ2v) is 5.67. The number of hydrogen-bond acceptors (Lipinski definition) is 3. The van der Waals surface area contributed by atoms with Crippen LogP contribution < -0.4 is 4.72 Å². The Morgan fingerprint density at radius 1 is 1.43 bits per heavy atom. The largest absolute Gasteiger partial charge is 0.267 e. The molecule has 0 saturated heterocycles. The standard InChI is InChI=1S/C8H11ClN2O2S/c1-6(2)14(12,13)11-8-5-3-4-7(9)10-8/h3-6H,1-2H3,(H,10,11). The summed E-state index contributed by atoms with van der Waals surface area (Å²) in [5.41, 5.74) is 0. The lowest BCUT2D eigenvalue weighted by Gasteiger charge is -2.09. The normalized spacial score (nSPS) is 11.7. The zero-order chi connectivity index (χ0) is 10.8. The third-order valence-corrected chi connectivity index (χ3v) is 3.53. The van der Waals surface area contributed by atoms with Crippen LogP contribution in [0.15, 0.2) is 18.2 Å². The highest BCUT2D eigenvalue weighted by Crippen LogP contribution is 2.12. The maximum absolute atomic E-state index is 11.4. The molecule has 0 aromatic carbocycles. The van der Waals surface area contributed by atoms with Gasteiger partial charge in [-0.15, -0.1) is 0 Å². The number of nitrogens with one attached hydrogen (secondary N) is 1. The molecular formula is C8H11ClN2O2S. The minimum Gasteiger partial charge on any atom is -0.267 e. The van der Waals surface area contributed by atoms with Crippen molar-refractivity contribution in [3.05, 3.63) is 23.4 Å². The second kappa shape index (κ2) is 4.14. The Morgan fingerprint density at radius 2 is 2.07 bits per heavy atom. The average molecular weight is 235 g/mol. The molecule has 14 heavy (non-hydrogen) atoms. The predicted octanol–water partition coefficient (Wildman–Crippen LogP) is 1.89. The molecule has 0 amide bonds. The Morgan fingerprint density at radius 3 is 2.57 bits per heavy atom. The molecule has 0 fully saturated rings. The second-order valence-electron chi connectivity index (χ2n) is 3.04. The molecule has 0 aliphatic carbocycles. The van der Waals surface area contributed by atoms with Crippen LogP contribution in [0.4, 0.5) is 5.82 Å². The molecule has 0 unspecified atom stereocenters. The minimum absolute atomic E-state index is 0.242. The van der Waals surface area contributed by atoms with Crippen molar-refractivity contribution in [1.82, 2.24) is 4.98 Å². The summed E-state index contributed by atoms with van der Waals surface area (Å²) in [6, 6.07) is 4.76. The maximum atomic E-state index is 11.4. The van der Waals surface area contributed by atoms with Gasteiger partial charge in [0.05, 0.1) is 5.25 Å². The highest BCUT2D eigenvalue weighted by atomic mass is 35.5. The molecule has 0 atom stereocenters. The number of anilines is 1. The molecule has 0 spiro atoms. The SMILES string of the molecule is CC(C)S(=O)(=O)Nc1cccc(Cl)n1. The third-order valence-electron chi connectivity index (χ3n) is 1.58. The van der Waals surface area contributed by atoms with E-state index < -0.39 is 15.3 Å². The van der Waals surface area contributed by atoms with Crippen molar-refractivity contribution in [1.29, 1.82) is 0 Å². The van der Waals surface area contributed by atoms with Gasteiger partial charge in [-0.1, -0.05) is 17.7 Å². The van der Waals surface area contributed by atoms with Crippen molar-refractivity contribution < 1.29 is 8.42 Å². The van der Waals surface area contributed by atoms with Gasteiger partial charge in [-0.3, -0.25) is 4.72 Å². The van der Waals surface area contributed by atoms with E-state index in [0.29, 0.717) is 0 Å². The number of sulfonamides is 1. The van der Waals surface area contributed by atoms with Crippen LogP contribution in [0.5, 0.6) is 0 Å². The lowest BCUT2D eigenvalue weighted by atomic mass is 10.5. The Kier molecular flexibility index (Phi) is 3.34. The molecule has 78 valence electrons. The molecule has 1 heterocycles. The van der Waals surface area contributed by atoms with Crippen molar-refractivity contribution in [3.63, 3.8) is 0 Å². The van der Waals surface area contributed by atoms with Crippen molar-refractivity contribution in [2.45, 2.75) is 19.1 Å². The Labute approximate surface area is 88.4 Å². The van der Waals surface area contributed by atoms with Gasteiger partial charge < -0.3 is 0 Å². The summed E-state index contributed by atoms with van der Waals surface area (Å²) in [7, 11) is -3.34. The maximum Gasteiger partial charge on any atom is 0.236 e. The molecule has 0 radical (unpaired) electrons. The molecule has 0 saturated carbocycles. The number of halogens is 1. The van der Waals surface area contributed by atoms with Gasteiger partial charge in [-0.2, -0.15) is 0 Å². The minimum atomic E-state index is -3.34. The molecule has 1 N–H and O–H groups in total. The zero-order valence-corrected chi connectivity index (χ0v) is 9.43. The fourth-order valence-electron chi connectivity index (χ4n) is 0.729. The van der Waals surface area contributed by atoms with Crippen LogP contribution in [0.1, 0.15) is 13.8 Å². The molecule has 4 nitrogen and oxygen atoms in total. The summed E-state index contributed by atoms with van der Waals surface area (Å²) in [6.07, 6.45) is 0. The summed E-state index contributed by atoms with van der Waals surface area (Å²) in [5, 5.41) is -0.239. The highest BCUT2D eigenvalue weighted by molar-refractivity contribution is 7.93. The smallest absolute Gasteiger partial charge is 0.236 e.